The van der Waals surface area contributed by atoms with Gasteiger partial charge in [-0.2, -0.15) is 0 Å². The van der Waals surface area contributed by atoms with Crippen LogP contribution >= 0.6 is 0 Å². The summed E-state index contributed by atoms with van der Waals surface area (Å²) in [6.07, 6.45) is 0. The summed E-state index contributed by atoms with van der Waals surface area (Å²) in [5.74, 6) is -0.810. The van der Waals surface area contributed by atoms with Gasteiger partial charge in [-0.05, 0) is 45.0 Å². The zero-order valence-corrected chi connectivity index (χ0v) is 10.8. The van der Waals surface area contributed by atoms with E-state index < -0.39 is 11.5 Å². The van der Waals surface area contributed by atoms with Gasteiger partial charge in [-0.25, -0.2) is 0 Å². The van der Waals surface area contributed by atoms with Crippen LogP contribution in [0, 0.1) is 0 Å². The number of rotatable bonds is 4. The second-order valence-corrected chi connectivity index (χ2v) is 4.88. The number of esters is 1. The highest BCUT2D eigenvalue weighted by atomic mass is 16.6. The van der Waals surface area contributed by atoms with Crippen LogP contribution in [0.3, 0.4) is 0 Å². The SMILES string of the molecule is CC(C)(C)OC(=O)CNc1ccc(C(N)=O)cc1. The Kier molecular flexibility index (Phi) is 4.31. The molecule has 0 aliphatic heterocycles. The second kappa shape index (κ2) is 5.53. The fourth-order valence-corrected chi connectivity index (χ4v) is 1.30. The third kappa shape index (κ3) is 4.86. The molecule has 0 bridgehead atoms. The van der Waals surface area contributed by atoms with Crippen LogP contribution in [0.1, 0.15) is 31.1 Å². The molecular formula is C13H18N2O3. The molecule has 1 aromatic rings. The Morgan fingerprint density at radius 2 is 1.78 bits per heavy atom. The molecule has 0 heterocycles. The molecule has 0 aliphatic rings. The smallest absolute Gasteiger partial charge is 0.325 e. The number of ether oxygens (including phenoxy) is 1. The zero-order chi connectivity index (χ0) is 13.8. The van der Waals surface area contributed by atoms with Crippen molar-refractivity contribution < 1.29 is 14.3 Å². The first kappa shape index (κ1) is 14.0. The van der Waals surface area contributed by atoms with Crippen molar-refractivity contribution in [3.63, 3.8) is 0 Å². The van der Waals surface area contributed by atoms with Crippen molar-refractivity contribution in [3.05, 3.63) is 29.8 Å². The highest BCUT2D eigenvalue weighted by molar-refractivity contribution is 5.93. The van der Waals surface area contributed by atoms with Gasteiger partial charge in [-0.3, -0.25) is 9.59 Å². The van der Waals surface area contributed by atoms with Crippen LogP contribution in [0.15, 0.2) is 24.3 Å². The van der Waals surface area contributed by atoms with E-state index in [1.807, 2.05) is 20.8 Å². The first-order valence-corrected chi connectivity index (χ1v) is 5.63. The van der Waals surface area contributed by atoms with Crippen LogP contribution in [0.25, 0.3) is 0 Å². The van der Waals surface area contributed by atoms with Gasteiger partial charge in [0, 0.05) is 11.3 Å². The molecule has 3 N–H and O–H groups in total. The predicted octanol–water partition coefficient (Wildman–Crippen LogP) is 1.54. The molecule has 98 valence electrons. The van der Waals surface area contributed by atoms with Gasteiger partial charge in [0.2, 0.25) is 5.91 Å². The number of carbonyl (C=O) groups excluding carboxylic acids is 2. The maximum Gasteiger partial charge on any atom is 0.325 e. The van der Waals surface area contributed by atoms with Crippen LogP contribution in [-0.2, 0) is 9.53 Å². The molecular weight excluding hydrogens is 232 g/mol. The van der Waals surface area contributed by atoms with E-state index in [1.54, 1.807) is 24.3 Å². The van der Waals surface area contributed by atoms with Crippen LogP contribution in [0.4, 0.5) is 5.69 Å². The standard InChI is InChI=1S/C13H18N2O3/c1-13(2,3)18-11(16)8-15-10-6-4-9(5-7-10)12(14)17/h4-7,15H,8H2,1-3H3,(H2,14,17). The summed E-state index contributed by atoms with van der Waals surface area (Å²) >= 11 is 0. The molecule has 1 rings (SSSR count). The summed E-state index contributed by atoms with van der Waals surface area (Å²) in [7, 11) is 0. The number of nitrogens with two attached hydrogens (primary N) is 1. The third-order valence-corrected chi connectivity index (χ3v) is 2.03. The highest BCUT2D eigenvalue weighted by Gasteiger charge is 2.15. The second-order valence-electron chi connectivity index (χ2n) is 4.88. The predicted molar refractivity (Wildman–Crippen MR) is 69.3 cm³/mol. The first-order valence-electron chi connectivity index (χ1n) is 5.63. The van der Waals surface area contributed by atoms with E-state index in [-0.39, 0.29) is 12.5 Å². The number of hydrogen-bond donors (Lipinski definition) is 2. The van der Waals surface area contributed by atoms with Gasteiger partial charge in [0.25, 0.3) is 0 Å². The molecule has 1 amide bonds. The minimum atomic E-state index is -0.491. The van der Waals surface area contributed by atoms with Gasteiger partial charge in [0.05, 0.1) is 0 Å². The molecule has 1 aromatic carbocycles. The lowest BCUT2D eigenvalue weighted by atomic mass is 10.2. The molecule has 0 unspecified atom stereocenters. The number of amides is 1. The summed E-state index contributed by atoms with van der Waals surface area (Å²) < 4.78 is 5.15. The van der Waals surface area contributed by atoms with Crippen molar-refractivity contribution in [2.75, 3.05) is 11.9 Å². The van der Waals surface area contributed by atoms with E-state index in [2.05, 4.69) is 5.32 Å². The van der Waals surface area contributed by atoms with Crippen LogP contribution < -0.4 is 11.1 Å². The molecule has 5 nitrogen and oxygen atoms in total. The van der Waals surface area contributed by atoms with Gasteiger partial charge < -0.3 is 15.8 Å². The quantitative estimate of drug-likeness (QED) is 0.794. The Bertz CT molecular complexity index is 433. The number of hydrogen-bond acceptors (Lipinski definition) is 4. The normalized spacial score (nSPS) is 10.8. The fourth-order valence-electron chi connectivity index (χ4n) is 1.30. The molecule has 0 radical (unpaired) electrons. The van der Waals surface area contributed by atoms with E-state index in [4.69, 9.17) is 10.5 Å². The van der Waals surface area contributed by atoms with Crippen molar-refractivity contribution in [1.29, 1.82) is 0 Å². The lowest BCUT2D eigenvalue weighted by molar-refractivity contribution is -0.152. The Hall–Kier alpha value is -2.04. The van der Waals surface area contributed by atoms with E-state index in [1.165, 1.54) is 0 Å². The van der Waals surface area contributed by atoms with E-state index in [9.17, 15) is 9.59 Å². The maximum absolute atomic E-state index is 11.4. The molecule has 0 atom stereocenters. The van der Waals surface area contributed by atoms with Crippen LogP contribution in [-0.4, -0.2) is 24.0 Å². The van der Waals surface area contributed by atoms with Crippen molar-refractivity contribution in [2.45, 2.75) is 26.4 Å². The summed E-state index contributed by atoms with van der Waals surface area (Å²) in [6, 6.07) is 6.56. The fraction of sp³-hybridized carbons (Fsp3) is 0.385. The van der Waals surface area contributed by atoms with E-state index >= 15 is 0 Å². The van der Waals surface area contributed by atoms with Gasteiger partial charge in [-0.1, -0.05) is 0 Å². The van der Waals surface area contributed by atoms with Crippen molar-refractivity contribution in [3.8, 4) is 0 Å². The van der Waals surface area contributed by atoms with Crippen molar-refractivity contribution in [1.82, 2.24) is 0 Å². The first-order chi connectivity index (χ1) is 8.28. The molecule has 5 heteroatoms. The molecule has 0 aliphatic carbocycles. The Labute approximate surface area is 106 Å². The van der Waals surface area contributed by atoms with Crippen LogP contribution in [0.2, 0.25) is 0 Å². The van der Waals surface area contributed by atoms with Crippen molar-refractivity contribution in [2.24, 2.45) is 5.73 Å². The van der Waals surface area contributed by atoms with E-state index in [0.717, 1.165) is 5.69 Å². The largest absolute Gasteiger partial charge is 0.459 e. The third-order valence-electron chi connectivity index (χ3n) is 2.03. The molecule has 18 heavy (non-hydrogen) atoms. The monoisotopic (exact) mass is 250 g/mol. The number of carbonyl (C=O) groups is 2. The van der Waals surface area contributed by atoms with Crippen molar-refractivity contribution >= 4 is 17.6 Å². The average molecular weight is 250 g/mol. The van der Waals surface area contributed by atoms with Gasteiger partial charge >= 0.3 is 5.97 Å². The Morgan fingerprint density at radius 1 is 1.22 bits per heavy atom. The van der Waals surface area contributed by atoms with Gasteiger partial charge in [0.1, 0.15) is 12.1 Å². The number of anilines is 1. The van der Waals surface area contributed by atoms with Gasteiger partial charge in [0.15, 0.2) is 0 Å². The molecule has 0 aromatic heterocycles. The minimum Gasteiger partial charge on any atom is -0.459 e. The zero-order valence-electron chi connectivity index (χ0n) is 10.8. The number of primary amides is 1. The molecule has 0 saturated heterocycles. The lowest BCUT2D eigenvalue weighted by Gasteiger charge is -2.19. The number of nitrogens with one attached hydrogen (secondary N) is 1. The Morgan fingerprint density at radius 3 is 2.22 bits per heavy atom. The van der Waals surface area contributed by atoms with E-state index in [0.29, 0.717) is 5.56 Å². The molecule has 0 fully saturated rings. The number of benzene rings is 1. The topological polar surface area (TPSA) is 81.4 Å². The lowest BCUT2D eigenvalue weighted by Crippen LogP contribution is -2.28. The van der Waals surface area contributed by atoms with Gasteiger partial charge in [-0.15, -0.1) is 0 Å². The maximum atomic E-state index is 11.4. The average Bonchev–Trinajstić information content (AvgIpc) is 2.24. The molecule has 0 spiro atoms. The summed E-state index contributed by atoms with van der Waals surface area (Å²) in [5, 5.41) is 2.91. The summed E-state index contributed by atoms with van der Waals surface area (Å²) in [4.78, 5) is 22.3. The minimum absolute atomic E-state index is 0.0766. The Balaban J connectivity index is 2.49. The summed E-state index contributed by atoms with van der Waals surface area (Å²) in [6.45, 7) is 5.51. The molecule has 0 saturated carbocycles. The highest BCUT2D eigenvalue weighted by Crippen LogP contribution is 2.10. The summed E-state index contributed by atoms with van der Waals surface area (Å²) in [5.41, 5.74) is 5.79. The van der Waals surface area contributed by atoms with Crippen LogP contribution in [0.5, 0.6) is 0 Å².